The Kier molecular flexibility index (Phi) is 3.92. The van der Waals surface area contributed by atoms with E-state index in [-0.39, 0.29) is 5.91 Å². The Hall–Kier alpha value is -0.680. The van der Waals surface area contributed by atoms with Crippen molar-refractivity contribution in [2.75, 3.05) is 20.1 Å². The van der Waals surface area contributed by atoms with Crippen LogP contribution < -0.4 is 11.1 Å². The van der Waals surface area contributed by atoms with E-state index in [1.54, 1.807) is 0 Å². The zero-order valence-corrected chi connectivity index (χ0v) is 12.1. The van der Waals surface area contributed by atoms with Gasteiger partial charge >= 0.3 is 0 Å². The number of nitrogens with zero attached hydrogens (tertiary/aromatic N) is 1. The number of likely N-dealkylation sites (N-methyl/N-ethyl adjacent to an activating group) is 1. The van der Waals surface area contributed by atoms with Crippen LogP contribution in [-0.2, 0) is 4.79 Å². The van der Waals surface area contributed by atoms with Crippen molar-refractivity contribution in [3.63, 3.8) is 0 Å². The molecule has 1 unspecified atom stereocenters. The Balaban J connectivity index is 1.89. The summed E-state index contributed by atoms with van der Waals surface area (Å²) in [5, 5.41) is 3.05. The minimum atomic E-state index is -0.564. The van der Waals surface area contributed by atoms with E-state index in [2.05, 4.69) is 24.2 Å². The Labute approximate surface area is 114 Å². The molecular weight excluding hydrogens is 246 g/mol. The first kappa shape index (κ1) is 13.7. The molecule has 5 heteroatoms. The number of thiocarbonyl (C=S) groups is 1. The van der Waals surface area contributed by atoms with E-state index >= 15 is 0 Å². The molecule has 0 spiro atoms. The van der Waals surface area contributed by atoms with Crippen LogP contribution >= 0.6 is 12.2 Å². The van der Waals surface area contributed by atoms with Crippen LogP contribution in [0.25, 0.3) is 0 Å². The van der Waals surface area contributed by atoms with Crippen LogP contribution in [0, 0.1) is 11.3 Å². The number of nitrogens with one attached hydrogen (secondary N) is 1. The van der Waals surface area contributed by atoms with Crippen molar-refractivity contribution in [1.82, 2.24) is 10.2 Å². The first-order valence-electron chi connectivity index (χ1n) is 6.74. The standard InChI is InChI=1S/C13H23N3OS/c1-9-6-13(7-9,11(14)18)12(17)15-8-10-4-3-5-16(10)2/h9-10H,3-8H2,1-2H3,(H2,14,18)(H,15,17). The fourth-order valence-electron chi connectivity index (χ4n) is 3.25. The maximum absolute atomic E-state index is 12.3. The minimum Gasteiger partial charge on any atom is -0.392 e. The van der Waals surface area contributed by atoms with Crippen LogP contribution in [0.4, 0.5) is 0 Å². The smallest absolute Gasteiger partial charge is 0.233 e. The Morgan fingerprint density at radius 1 is 1.56 bits per heavy atom. The first-order valence-corrected chi connectivity index (χ1v) is 7.15. The molecule has 18 heavy (non-hydrogen) atoms. The summed E-state index contributed by atoms with van der Waals surface area (Å²) >= 11 is 5.09. The zero-order valence-electron chi connectivity index (χ0n) is 11.2. The topological polar surface area (TPSA) is 58.4 Å². The fourth-order valence-corrected chi connectivity index (χ4v) is 3.50. The molecule has 2 aliphatic rings. The SMILES string of the molecule is CC1CC(C(=O)NCC2CCCN2C)(C(N)=S)C1. The minimum absolute atomic E-state index is 0.0356. The molecule has 1 amide bonds. The monoisotopic (exact) mass is 269 g/mol. The first-order chi connectivity index (χ1) is 8.45. The van der Waals surface area contributed by atoms with Gasteiger partial charge in [-0.2, -0.15) is 0 Å². The summed E-state index contributed by atoms with van der Waals surface area (Å²) in [7, 11) is 2.11. The zero-order chi connectivity index (χ0) is 13.3. The van der Waals surface area contributed by atoms with Crippen molar-refractivity contribution in [1.29, 1.82) is 0 Å². The predicted molar refractivity (Wildman–Crippen MR) is 76.3 cm³/mol. The normalized spacial score (nSPS) is 36.1. The van der Waals surface area contributed by atoms with Gasteiger partial charge in [-0.25, -0.2) is 0 Å². The number of nitrogens with two attached hydrogens (primary N) is 1. The van der Waals surface area contributed by atoms with Crippen LogP contribution in [0.1, 0.15) is 32.6 Å². The van der Waals surface area contributed by atoms with Crippen molar-refractivity contribution in [2.45, 2.75) is 38.6 Å². The molecule has 3 N–H and O–H groups in total. The molecule has 0 aromatic heterocycles. The molecule has 2 rings (SSSR count). The molecule has 1 saturated heterocycles. The summed E-state index contributed by atoms with van der Waals surface area (Å²) in [5.74, 6) is 0.583. The molecule has 0 bridgehead atoms. The molecule has 1 aliphatic carbocycles. The lowest BCUT2D eigenvalue weighted by Gasteiger charge is -2.44. The molecular formula is C13H23N3OS. The van der Waals surface area contributed by atoms with E-state index in [1.807, 2.05) is 0 Å². The second-order valence-corrected chi connectivity index (χ2v) is 6.39. The summed E-state index contributed by atoms with van der Waals surface area (Å²) in [6, 6.07) is 0.467. The van der Waals surface area contributed by atoms with Crippen LogP contribution in [0.2, 0.25) is 0 Å². The second kappa shape index (κ2) is 5.13. The largest absolute Gasteiger partial charge is 0.392 e. The predicted octanol–water partition coefficient (Wildman–Crippen LogP) is 0.899. The lowest BCUT2D eigenvalue weighted by Crippen LogP contribution is -2.57. The molecule has 1 saturated carbocycles. The molecule has 0 radical (unpaired) electrons. The molecule has 0 aromatic rings. The quantitative estimate of drug-likeness (QED) is 0.745. The van der Waals surface area contributed by atoms with Gasteiger partial charge in [0.05, 0.1) is 10.4 Å². The average molecular weight is 269 g/mol. The van der Waals surface area contributed by atoms with Crippen molar-refractivity contribution in [3.05, 3.63) is 0 Å². The van der Waals surface area contributed by atoms with Crippen molar-refractivity contribution in [3.8, 4) is 0 Å². The Morgan fingerprint density at radius 3 is 2.67 bits per heavy atom. The van der Waals surface area contributed by atoms with Gasteiger partial charge in [-0.1, -0.05) is 19.1 Å². The number of likely N-dealkylation sites (tertiary alicyclic amines) is 1. The Morgan fingerprint density at radius 2 is 2.22 bits per heavy atom. The van der Waals surface area contributed by atoms with Crippen LogP contribution in [0.5, 0.6) is 0 Å². The summed E-state index contributed by atoms with van der Waals surface area (Å²) < 4.78 is 0. The van der Waals surface area contributed by atoms with Gasteiger partial charge < -0.3 is 16.0 Å². The van der Waals surface area contributed by atoms with E-state index < -0.39 is 5.41 Å². The van der Waals surface area contributed by atoms with Gasteiger partial charge in [0.1, 0.15) is 0 Å². The summed E-state index contributed by atoms with van der Waals surface area (Å²) in [6.45, 7) is 3.97. The van der Waals surface area contributed by atoms with Gasteiger partial charge in [-0.05, 0) is 45.2 Å². The number of carbonyl (C=O) groups is 1. The highest BCUT2D eigenvalue weighted by atomic mass is 32.1. The van der Waals surface area contributed by atoms with Gasteiger partial charge in [0, 0.05) is 12.6 Å². The van der Waals surface area contributed by atoms with E-state index in [9.17, 15) is 4.79 Å². The molecule has 4 nitrogen and oxygen atoms in total. The van der Waals surface area contributed by atoms with Gasteiger partial charge in [0.25, 0.3) is 0 Å². The highest BCUT2D eigenvalue weighted by molar-refractivity contribution is 7.80. The summed E-state index contributed by atoms with van der Waals surface area (Å²) in [6.07, 6.45) is 3.98. The second-order valence-electron chi connectivity index (χ2n) is 5.95. The number of hydrogen-bond acceptors (Lipinski definition) is 3. The molecule has 0 aromatic carbocycles. The maximum atomic E-state index is 12.3. The maximum Gasteiger partial charge on any atom is 0.233 e. The number of carbonyl (C=O) groups excluding carboxylic acids is 1. The Bertz CT molecular complexity index is 352. The highest BCUT2D eigenvalue weighted by Gasteiger charge is 2.50. The third-order valence-electron chi connectivity index (χ3n) is 4.47. The number of hydrogen-bond donors (Lipinski definition) is 2. The van der Waals surface area contributed by atoms with Crippen LogP contribution in [-0.4, -0.2) is 42.0 Å². The lowest BCUT2D eigenvalue weighted by molar-refractivity contribution is -0.133. The van der Waals surface area contributed by atoms with E-state index in [0.29, 0.717) is 23.5 Å². The van der Waals surface area contributed by atoms with E-state index in [1.165, 1.54) is 6.42 Å². The van der Waals surface area contributed by atoms with Crippen molar-refractivity contribution in [2.24, 2.45) is 17.1 Å². The number of rotatable bonds is 4. The van der Waals surface area contributed by atoms with Gasteiger partial charge in [0.15, 0.2) is 0 Å². The molecule has 1 atom stereocenters. The van der Waals surface area contributed by atoms with Crippen LogP contribution in [0.3, 0.4) is 0 Å². The third kappa shape index (κ3) is 2.38. The van der Waals surface area contributed by atoms with E-state index in [4.69, 9.17) is 18.0 Å². The fraction of sp³-hybridized carbons (Fsp3) is 0.846. The molecule has 1 heterocycles. The average Bonchev–Trinajstić information content (AvgIpc) is 2.66. The summed E-state index contributed by atoms with van der Waals surface area (Å²) in [5.41, 5.74) is 5.20. The third-order valence-corrected chi connectivity index (χ3v) is 4.86. The van der Waals surface area contributed by atoms with Crippen molar-refractivity contribution < 1.29 is 4.79 Å². The summed E-state index contributed by atoms with van der Waals surface area (Å²) in [4.78, 5) is 15.0. The van der Waals surface area contributed by atoms with Gasteiger partial charge in [-0.15, -0.1) is 0 Å². The lowest BCUT2D eigenvalue weighted by atomic mass is 9.62. The van der Waals surface area contributed by atoms with Gasteiger partial charge in [-0.3, -0.25) is 4.79 Å². The number of amides is 1. The van der Waals surface area contributed by atoms with E-state index in [0.717, 1.165) is 25.8 Å². The van der Waals surface area contributed by atoms with Gasteiger partial charge in [0.2, 0.25) is 5.91 Å². The molecule has 1 aliphatic heterocycles. The highest BCUT2D eigenvalue weighted by Crippen LogP contribution is 2.45. The van der Waals surface area contributed by atoms with Crippen molar-refractivity contribution >= 4 is 23.1 Å². The molecule has 2 fully saturated rings. The molecule has 102 valence electrons. The van der Waals surface area contributed by atoms with Crippen LogP contribution in [0.15, 0.2) is 0 Å².